The number of rotatable bonds is 5. The molecule has 1 aliphatic heterocycles. The van der Waals surface area contributed by atoms with E-state index in [1.54, 1.807) is 18.3 Å². The van der Waals surface area contributed by atoms with Gasteiger partial charge in [0, 0.05) is 19.3 Å². The normalized spacial score (nSPS) is 18.9. The molecule has 1 aliphatic rings. The molecule has 0 spiro atoms. The highest BCUT2D eigenvalue weighted by molar-refractivity contribution is 5.96. The van der Waals surface area contributed by atoms with Crippen LogP contribution in [0.5, 0.6) is 5.88 Å². The second kappa shape index (κ2) is 7.24. The molecule has 2 rings (SSSR count). The lowest BCUT2D eigenvalue weighted by Gasteiger charge is -2.22. The molecule has 1 N–H and O–H groups in total. The van der Waals surface area contributed by atoms with Crippen LogP contribution in [0.1, 0.15) is 37.0 Å². The second-order valence-corrected chi connectivity index (χ2v) is 5.32. The fourth-order valence-corrected chi connectivity index (χ4v) is 2.18. The lowest BCUT2D eigenvalue weighted by atomic mass is 10.0. The molecule has 0 aliphatic carbocycles. The first-order valence-corrected chi connectivity index (χ1v) is 7.14. The Labute approximate surface area is 119 Å². The SMILES string of the molecule is CC(C)Oc1ncccc1C(=O)NC[C@H]1CCCOC1. The number of nitrogens with zero attached hydrogens (tertiary/aromatic N) is 1. The van der Waals surface area contributed by atoms with E-state index >= 15 is 0 Å². The first kappa shape index (κ1) is 14.8. The van der Waals surface area contributed by atoms with Gasteiger partial charge in [-0.25, -0.2) is 4.98 Å². The average molecular weight is 278 g/mol. The van der Waals surface area contributed by atoms with Crippen molar-refractivity contribution in [1.29, 1.82) is 0 Å². The third-order valence-electron chi connectivity index (χ3n) is 3.17. The smallest absolute Gasteiger partial charge is 0.256 e. The van der Waals surface area contributed by atoms with E-state index in [2.05, 4.69) is 10.3 Å². The Hall–Kier alpha value is -1.62. The quantitative estimate of drug-likeness (QED) is 0.895. The van der Waals surface area contributed by atoms with Gasteiger partial charge in [-0.1, -0.05) is 0 Å². The molecule has 0 aromatic carbocycles. The predicted molar refractivity (Wildman–Crippen MR) is 75.9 cm³/mol. The van der Waals surface area contributed by atoms with E-state index in [0.29, 0.717) is 23.9 Å². The number of aromatic nitrogens is 1. The Kier molecular flexibility index (Phi) is 5.35. The molecule has 110 valence electrons. The van der Waals surface area contributed by atoms with Crippen molar-refractivity contribution in [2.24, 2.45) is 5.92 Å². The van der Waals surface area contributed by atoms with Crippen molar-refractivity contribution in [3.8, 4) is 5.88 Å². The Morgan fingerprint density at radius 2 is 2.45 bits per heavy atom. The van der Waals surface area contributed by atoms with Crippen molar-refractivity contribution in [2.45, 2.75) is 32.8 Å². The summed E-state index contributed by atoms with van der Waals surface area (Å²) in [6, 6.07) is 3.48. The van der Waals surface area contributed by atoms with Gasteiger partial charge in [-0.2, -0.15) is 0 Å². The van der Waals surface area contributed by atoms with Crippen LogP contribution in [0.2, 0.25) is 0 Å². The highest BCUT2D eigenvalue weighted by Crippen LogP contribution is 2.17. The maximum atomic E-state index is 12.2. The third kappa shape index (κ3) is 4.20. The van der Waals surface area contributed by atoms with Gasteiger partial charge < -0.3 is 14.8 Å². The molecular weight excluding hydrogens is 256 g/mol. The minimum Gasteiger partial charge on any atom is -0.474 e. The Morgan fingerprint density at radius 3 is 3.15 bits per heavy atom. The Balaban J connectivity index is 1.94. The molecule has 5 nitrogen and oxygen atoms in total. The number of hydrogen-bond acceptors (Lipinski definition) is 4. The zero-order valence-electron chi connectivity index (χ0n) is 12.1. The fraction of sp³-hybridized carbons (Fsp3) is 0.600. The minimum absolute atomic E-state index is 0.0109. The summed E-state index contributed by atoms with van der Waals surface area (Å²) in [5.74, 6) is 0.651. The molecule has 0 saturated carbocycles. The molecule has 1 atom stereocenters. The van der Waals surface area contributed by atoms with Crippen LogP contribution in [0.3, 0.4) is 0 Å². The van der Waals surface area contributed by atoms with Crippen LogP contribution in [0.25, 0.3) is 0 Å². The third-order valence-corrected chi connectivity index (χ3v) is 3.17. The lowest BCUT2D eigenvalue weighted by molar-refractivity contribution is 0.0535. The van der Waals surface area contributed by atoms with E-state index in [-0.39, 0.29) is 12.0 Å². The maximum Gasteiger partial charge on any atom is 0.256 e. The molecule has 0 bridgehead atoms. The van der Waals surface area contributed by atoms with Crippen LogP contribution in [0, 0.1) is 5.92 Å². The van der Waals surface area contributed by atoms with Crippen molar-refractivity contribution in [3.63, 3.8) is 0 Å². The van der Waals surface area contributed by atoms with Crippen LogP contribution in [-0.4, -0.2) is 36.8 Å². The number of nitrogens with one attached hydrogen (secondary N) is 1. The summed E-state index contributed by atoms with van der Waals surface area (Å²) in [5, 5.41) is 2.94. The minimum atomic E-state index is -0.140. The average Bonchev–Trinajstić information content (AvgIpc) is 2.46. The molecule has 2 heterocycles. The van der Waals surface area contributed by atoms with Crippen LogP contribution >= 0.6 is 0 Å². The molecule has 1 amide bonds. The topological polar surface area (TPSA) is 60.5 Å². The molecule has 1 aromatic rings. The molecule has 5 heteroatoms. The highest BCUT2D eigenvalue weighted by Gasteiger charge is 2.18. The van der Waals surface area contributed by atoms with Crippen molar-refractivity contribution in [2.75, 3.05) is 19.8 Å². The van der Waals surface area contributed by atoms with E-state index < -0.39 is 0 Å². The fourth-order valence-electron chi connectivity index (χ4n) is 2.18. The molecule has 0 unspecified atom stereocenters. The Morgan fingerprint density at radius 1 is 1.60 bits per heavy atom. The number of pyridine rings is 1. The predicted octanol–water partition coefficient (Wildman–Crippen LogP) is 2.03. The Bertz CT molecular complexity index is 442. The van der Waals surface area contributed by atoms with E-state index in [1.165, 1.54) is 0 Å². The number of carbonyl (C=O) groups is 1. The molecule has 20 heavy (non-hydrogen) atoms. The largest absolute Gasteiger partial charge is 0.474 e. The van der Waals surface area contributed by atoms with E-state index in [4.69, 9.17) is 9.47 Å². The monoisotopic (exact) mass is 278 g/mol. The standard InChI is InChI=1S/C15H22N2O3/c1-11(2)20-15-13(6-3-7-16-15)14(18)17-9-12-5-4-8-19-10-12/h3,6-7,11-12H,4-5,8-10H2,1-2H3,(H,17,18)/t12-/m1/s1. The summed E-state index contributed by atoms with van der Waals surface area (Å²) in [4.78, 5) is 16.3. The lowest BCUT2D eigenvalue weighted by Crippen LogP contribution is -2.33. The summed E-state index contributed by atoms with van der Waals surface area (Å²) in [5.41, 5.74) is 0.484. The number of hydrogen-bond donors (Lipinski definition) is 1. The molecular formula is C15H22N2O3. The molecule has 0 radical (unpaired) electrons. The van der Waals surface area contributed by atoms with Crippen molar-refractivity contribution in [1.82, 2.24) is 10.3 Å². The summed E-state index contributed by atoms with van der Waals surface area (Å²) in [7, 11) is 0. The first-order valence-electron chi connectivity index (χ1n) is 7.14. The van der Waals surface area contributed by atoms with E-state index in [1.807, 2.05) is 13.8 Å². The highest BCUT2D eigenvalue weighted by atomic mass is 16.5. The maximum absolute atomic E-state index is 12.2. The van der Waals surface area contributed by atoms with Crippen molar-refractivity contribution >= 4 is 5.91 Å². The van der Waals surface area contributed by atoms with Crippen LogP contribution in [0.15, 0.2) is 18.3 Å². The van der Waals surface area contributed by atoms with Crippen LogP contribution in [0.4, 0.5) is 0 Å². The van der Waals surface area contributed by atoms with Crippen molar-refractivity contribution < 1.29 is 14.3 Å². The zero-order chi connectivity index (χ0) is 14.4. The molecule has 1 fully saturated rings. The van der Waals surface area contributed by atoms with Gasteiger partial charge in [-0.3, -0.25) is 4.79 Å². The van der Waals surface area contributed by atoms with Crippen LogP contribution in [-0.2, 0) is 4.74 Å². The number of amides is 1. The van der Waals surface area contributed by atoms with Crippen molar-refractivity contribution in [3.05, 3.63) is 23.9 Å². The zero-order valence-corrected chi connectivity index (χ0v) is 12.1. The summed E-state index contributed by atoms with van der Waals surface area (Å²) >= 11 is 0. The first-order chi connectivity index (χ1) is 9.66. The number of ether oxygens (including phenoxy) is 2. The van der Waals surface area contributed by atoms with E-state index in [0.717, 1.165) is 26.1 Å². The van der Waals surface area contributed by atoms with E-state index in [9.17, 15) is 4.79 Å². The molecule has 1 aromatic heterocycles. The van der Waals surface area contributed by atoms with Gasteiger partial charge in [0.25, 0.3) is 5.91 Å². The van der Waals surface area contributed by atoms with Gasteiger partial charge in [0.2, 0.25) is 5.88 Å². The van der Waals surface area contributed by atoms with Gasteiger partial charge >= 0.3 is 0 Å². The van der Waals surface area contributed by atoms with Gasteiger partial charge in [-0.15, -0.1) is 0 Å². The number of carbonyl (C=O) groups excluding carboxylic acids is 1. The molecule has 1 saturated heterocycles. The summed E-state index contributed by atoms with van der Waals surface area (Å²) < 4.78 is 11.0. The summed E-state index contributed by atoms with van der Waals surface area (Å²) in [6.07, 6.45) is 3.78. The second-order valence-electron chi connectivity index (χ2n) is 5.32. The van der Waals surface area contributed by atoms with Gasteiger partial charge in [0.05, 0.1) is 12.7 Å². The summed E-state index contributed by atoms with van der Waals surface area (Å²) in [6.45, 7) is 6.02. The van der Waals surface area contributed by atoms with Gasteiger partial charge in [0.15, 0.2) is 0 Å². The van der Waals surface area contributed by atoms with Gasteiger partial charge in [0.1, 0.15) is 5.56 Å². The van der Waals surface area contributed by atoms with Crippen LogP contribution < -0.4 is 10.1 Å². The van der Waals surface area contributed by atoms with Gasteiger partial charge in [-0.05, 0) is 44.7 Å².